The average Bonchev–Trinajstić information content (AvgIpc) is 2.46. The van der Waals surface area contributed by atoms with E-state index >= 15 is 0 Å². The van der Waals surface area contributed by atoms with E-state index in [0.717, 1.165) is 37.5 Å². The molecule has 2 rings (SSSR count). The topological polar surface area (TPSA) is 32.8 Å². The van der Waals surface area contributed by atoms with Crippen molar-refractivity contribution < 1.29 is 9.53 Å². The van der Waals surface area contributed by atoms with Crippen LogP contribution in [0.4, 0.5) is 0 Å². The summed E-state index contributed by atoms with van der Waals surface area (Å²) in [5.74, 6) is 1.36. The number of ether oxygens (including phenoxy) is 1. The lowest BCUT2D eigenvalue weighted by molar-refractivity contribution is -0.134. The maximum atomic E-state index is 12.2. The number of hydrogen-bond donors (Lipinski definition) is 0. The highest BCUT2D eigenvalue weighted by Gasteiger charge is 2.19. The normalized spacial score (nSPS) is 16.3. The van der Waals surface area contributed by atoms with Crippen LogP contribution in [0.3, 0.4) is 0 Å². The van der Waals surface area contributed by atoms with Crippen molar-refractivity contribution in [3.05, 3.63) is 29.3 Å². The van der Waals surface area contributed by atoms with E-state index < -0.39 is 0 Å². The van der Waals surface area contributed by atoms with Gasteiger partial charge >= 0.3 is 0 Å². The fraction of sp³-hybridized carbons (Fsp3) is 0.588. The molecule has 21 heavy (non-hydrogen) atoms. The van der Waals surface area contributed by atoms with Gasteiger partial charge in [-0.05, 0) is 37.1 Å². The Balaban J connectivity index is 1.93. The van der Waals surface area contributed by atoms with E-state index in [4.69, 9.17) is 4.74 Å². The minimum atomic E-state index is 0.0810. The van der Waals surface area contributed by atoms with Crippen molar-refractivity contribution in [2.75, 3.05) is 39.8 Å². The molecule has 116 valence electrons. The summed E-state index contributed by atoms with van der Waals surface area (Å²) in [5.41, 5.74) is 2.31. The van der Waals surface area contributed by atoms with Crippen molar-refractivity contribution in [1.82, 2.24) is 9.80 Å². The molecule has 4 nitrogen and oxygen atoms in total. The second-order valence-electron chi connectivity index (χ2n) is 6.15. The molecular formula is C17H26N2O2. The maximum absolute atomic E-state index is 12.2. The van der Waals surface area contributed by atoms with Crippen LogP contribution in [0.15, 0.2) is 18.2 Å². The standard InChI is InChI=1S/C17H26N2O2/c1-13(2)15-6-5-14(3)16(11-15)21-12-17(20)19-9-7-18(4)8-10-19/h5-6,11,13H,7-10,12H2,1-4H3. The van der Waals surface area contributed by atoms with E-state index in [1.54, 1.807) is 0 Å². The number of benzene rings is 1. The highest BCUT2D eigenvalue weighted by molar-refractivity contribution is 5.78. The molecule has 1 aromatic carbocycles. The molecule has 0 unspecified atom stereocenters. The largest absolute Gasteiger partial charge is 0.483 e. The first kappa shape index (κ1) is 15.8. The van der Waals surface area contributed by atoms with E-state index in [1.807, 2.05) is 11.8 Å². The first-order valence-electron chi connectivity index (χ1n) is 7.67. The molecule has 1 saturated heterocycles. The van der Waals surface area contributed by atoms with Crippen LogP contribution >= 0.6 is 0 Å². The van der Waals surface area contributed by atoms with Gasteiger partial charge in [-0.2, -0.15) is 0 Å². The zero-order valence-corrected chi connectivity index (χ0v) is 13.6. The van der Waals surface area contributed by atoms with Crippen molar-refractivity contribution in [3.63, 3.8) is 0 Å². The second-order valence-corrected chi connectivity index (χ2v) is 6.15. The number of rotatable bonds is 4. The number of amides is 1. The van der Waals surface area contributed by atoms with Crippen molar-refractivity contribution >= 4 is 5.91 Å². The molecule has 0 N–H and O–H groups in total. The van der Waals surface area contributed by atoms with E-state index in [-0.39, 0.29) is 12.5 Å². The Morgan fingerprint density at radius 2 is 1.90 bits per heavy atom. The number of nitrogens with zero attached hydrogens (tertiary/aromatic N) is 2. The number of hydrogen-bond acceptors (Lipinski definition) is 3. The maximum Gasteiger partial charge on any atom is 0.260 e. The quantitative estimate of drug-likeness (QED) is 0.853. The summed E-state index contributed by atoms with van der Waals surface area (Å²) in [5, 5.41) is 0. The van der Waals surface area contributed by atoms with Gasteiger partial charge in [0.05, 0.1) is 0 Å². The fourth-order valence-electron chi connectivity index (χ4n) is 2.42. The monoisotopic (exact) mass is 290 g/mol. The van der Waals surface area contributed by atoms with E-state index in [0.29, 0.717) is 5.92 Å². The van der Waals surface area contributed by atoms with Crippen molar-refractivity contribution in [1.29, 1.82) is 0 Å². The summed E-state index contributed by atoms with van der Waals surface area (Å²) in [7, 11) is 2.08. The molecular weight excluding hydrogens is 264 g/mol. The third-order valence-electron chi connectivity index (χ3n) is 4.09. The van der Waals surface area contributed by atoms with E-state index in [2.05, 4.69) is 44.0 Å². The van der Waals surface area contributed by atoms with Gasteiger partial charge in [0, 0.05) is 26.2 Å². The summed E-state index contributed by atoms with van der Waals surface area (Å²) in [6, 6.07) is 6.23. The summed E-state index contributed by atoms with van der Waals surface area (Å²) in [4.78, 5) is 16.3. The molecule has 4 heteroatoms. The predicted octanol–water partition coefficient (Wildman–Crippen LogP) is 2.27. The highest BCUT2D eigenvalue weighted by atomic mass is 16.5. The van der Waals surface area contributed by atoms with Crippen LogP contribution in [0.5, 0.6) is 5.75 Å². The summed E-state index contributed by atoms with van der Waals surface area (Å²) < 4.78 is 5.76. The van der Waals surface area contributed by atoms with Gasteiger partial charge in [0.2, 0.25) is 0 Å². The average molecular weight is 290 g/mol. The Kier molecular flexibility index (Phi) is 5.23. The molecule has 0 bridgehead atoms. The molecule has 1 fully saturated rings. The predicted molar refractivity (Wildman–Crippen MR) is 84.8 cm³/mol. The van der Waals surface area contributed by atoms with E-state index in [1.165, 1.54) is 5.56 Å². The first-order valence-corrected chi connectivity index (χ1v) is 7.67. The summed E-state index contributed by atoms with van der Waals surface area (Å²) in [6.45, 7) is 9.92. The second kappa shape index (κ2) is 6.94. The molecule has 1 aromatic rings. The first-order chi connectivity index (χ1) is 9.97. The molecule has 1 aliphatic rings. The smallest absolute Gasteiger partial charge is 0.260 e. The lowest BCUT2D eigenvalue weighted by atomic mass is 10.0. The number of carbonyl (C=O) groups excluding carboxylic acids is 1. The van der Waals surface area contributed by atoms with Crippen LogP contribution in [0.25, 0.3) is 0 Å². The van der Waals surface area contributed by atoms with Crippen LogP contribution in [0.2, 0.25) is 0 Å². The van der Waals surface area contributed by atoms with Crippen LogP contribution < -0.4 is 4.74 Å². The van der Waals surface area contributed by atoms with Gasteiger partial charge in [0.15, 0.2) is 6.61 Å². The fourth-order valence-corrected chi connectivity index (χ4v) is 2.42. The Hall–Kier alpha value is -1.55. The zero-order valence-electron chi connectivity index (χ0n) is 13.6. The Morgan fingerprint density at radius 3 is 2.52 bits per heavy atom. The van der Waals surface area contributed by atoms with Gasteiger partial charge in [-0.3, -0.25) is 4.79 Å². The zero-order chi connectivity index (χ0) is 15.4. The highest BCUT2D eigenvalue weighted by Crippen LogP contribution is 2.24. The Morgan fingerprint density at radius 1 is 1.24 bits per heavy atom. The van der Waals surface area contributed by atoms with Gasteiger partial charge in [-0.25, -0.2) is 0 Å². The van der Waals surface area contributed by atoms with Crippen LogP contribution in [-0.4, -0.2) is 55.5 Å². The third kappa shape index (κ3) is 4.21. The number of aryl methyl sites for hydroxylation is 1. The van der Waals surface area contributed by atoms with Gasteiger partial charge in [0.25, 0.3) is 5.91 Å². The van der Waals surface area contributed by atoms with Crippen molar-refractivity contribution in [3.8, 4) is 5.75 Å². The lowest BCUT2D eigenvalue weighted by Crippen LogP contribution is -2.48. The Labute approximate surface area is 127 Å². The molecule has 1 aliphatic heterocycles. The lowest BCUT2D eigenvalue weighted by Gasteiger charge is -2.32. The molecule has 0 radical (unpaired) electrons. The molecule has 0 atom stereocenters. The number of piperazine rings is 1. The molecule has 1 heterocycles. The minimum Gasteiger partial charge on any atom is -0.483 e. The summed E-state index contributed by atoms with van der Waals surface area (Å²) >= 11 is 0. The summed E-state index contributed by atoms with van der Waals surface area (Å²) in [6.07, 6.45) is 0. The van der Waals surface area contributed by atoms with Crippen LogP contribution in [-0.2, 0) is 4.79 Å². The molecule has 0 spiro atoms. The SMILES string of the molecule is Cc1ccc(C(C)C)cc1OCC(=O)N1CCN(C)CC1. The molecule has 0 saturated carbocycles. The van der Waals surface area contributed by atoms with E-state index in [9.17, 15) is 4.79 Å². The van der Waals surface area contributed by atoms with Gasteiger partial charge < -0.3 is 14.5 Å². The van der Waals surface area contributed by atoms with Gasteiger partial charge in [-0.1, -0.05) is 26.0 Å². The van der Waals surface area contributed by atoms with Gasteiger partial charge in [-0.15, -0.1) is 0 Å². The Bertz CT molecular complexity index is 492. The number of carbonyl (C=O) groups is 1. The molecule has 1 amide bonds. The third-order valence-corrected chi connectivity index (χ3v) is 4.09. The van der Waals surface area contributed by atoms with Crippen molar-refractivity contribution in [2.24, 2.45) is 0 Å². The number of likely N-dealkylation sites (N-methyl/N-ethyl adjacent to an activating group) is 1. The van der Waals surface area contributed by atoms with Crippen LogP contribution in [0, 0.1) is 6.92 Å². The minimum absolute atomic E-state index is 0.0810. The van der Waals surface area contributed by atoms with Crippen molar-refractivity contribution in [2.45, 2.75) is 26.7 Å². The molecule has 0 aromatic heterocycles. The van der Waals surface area contributed by atoms with Crippen LogP contribution in [0.1, 0.15) is 30.9 Å². The van der Waals surface area contributed by atoms with Gasteiger partial charge in [0.1, 0.15) is 5.75 Å². The molecule has 0 aliphatic carbocycles.